The van der Waals surface area contributed by atoms with Gasteiger partial charge in [-0.1, -0.05) is 36.4 Å². The van der Waals surface area contributed by atoms with E-state index in [0.717, 1.165) is 12.0 Å². The summed E-state index contributed by atoms with van der Waals surface area (Å²) in [5.41, 5.74) is 1.41. The van der Waals surface area contributed by atoms with Crippen LogP contribution in [0.3, 0.4) is 0 Å². The molecule has 10 nitrogen and oxygen atoms in total. The molecular weight excluding hydrogens is 538 g/mol. The second-order valence-electron chi connectivity index (χ2n) is 11.5. The summed E-state index contributed by atoms with van der Waals surface area (Å²) in [5.74, 6) is -1.19. The van der Waals surface area contributed by atoms with Gasteiger partial charge >= 0.3 is 12.1 Å². The maximum Gasteiger partial charge on any atom is 0.408 e. The second-order valence-corrected chi connectivity index (χ2v) is 11.5. The highest BCUT2D eigenvalue weighted by Crippen LogP contribution is 2.35. The van der Waals surface area contributed by atoms with Gasteiger partial charge in [-0.05, 0) is 82.7 Å². The Morgan fingerprint density at radius 3 is 2.29 bits per heavy atom. The third-order valence-corrected chi connectivity index (χ3v) is 7.03. The summed E-state index contributed by atoms with van der Waals surface area (Å²) in [5, 5.41) is 15.3. The number of nitrogens with one attached hydrogen (secondary N) is 2. The topological polar surface area (TPSA) is 134 Å². The van der Waals surface area contributed by atoms with Gasteiger partial charge in [0.25, 0.3) is 0 Å². The van der Waals surface area contributed by atoms with Crippen LogP contribution in [0.25, 0.3) is 0 Å². The predicted molar refractivity (Wildman–Crippen MR) is 158 cm³/mol. The van der Waals surface area contributed by atoms with Crippen LogP contribution in [-0.4, -0.2) is 64.7 Å². The van der Waals surface area contributed by atoms with Gasteiger partial charge in [0.15, 0.2) is 0 Å². The highest BCUT2D eigenvalue weighted by molar-refractivity contribution is 5.93. The van der Waals surface area contributed by atoms with Crippen LogP contribution in [-0.2, 0) is 30.3 Å². The number of esters is 1. The van der Waals surface area contributed by atoms with E-state index in [4.69, 9.17) is 9.47 Å². The number of ether oxygens (including phenoxy) is 2. The molecule has 0 bridgehead atoms. The molecule has 0 radical (unpaired) electrons. The molecule has 228 valence electrons. The Balaban J connectivity index is 1.99. The van der Waals surface area contributed by atoms with E-state index in [9.17, 15) is 24.3 Å². The molecule has 2 aromatic rings. The third-order valence-electron chi connectivity index (χ3n) is 7.03. The average molecular weight is 582 g/mol. The van der Waals surface area contributed by atoms with Crippen LogP contribution in [0.1, 0.15) is 76.1 Å². The maximum atomic E-state index is 14.5. The molecule has 1 aliphatic carbocycles. The molecule has 2 atom stereocenters. The van der Waals surface area contributed by atoms with Gasteiger partial charge in [0.1, 0.15) is 23.4 Å². The summed E-state index contributed by atoms with van der Waals surface area (Å²) < 4.78 is 10.5. The minimum atomic E-state index is -1.05. The lowest BCUT2D eigenvalue weighted by atomic mass is 9.87. The molecule has 0 spiro atoms. The lowest BCUT2D eigenvalue weighted by molar-refractivity contribution is -0.148. The number of benzene rings is 2. The van der Waals surface area contributed by atoms with Crippen molar-refractivity contribution in [1.82, 2.24) is 15.5 Å². The first-order valence-corrected chi connectivity index (χ1v) is 14.5. The van der Waals surface area contributed by atoms with E-state index in [-0.39, 0.29) is 37.8 Å². The molecule has 3 rings (SSSR count). The summed E-state index contributed by atoms with van der Waals surface area (Å²) >= 11 is 0. The van der Waals surface area contributed by atoms with Crippen molar-refractivity contribution in [2.45, 2.75) is 90.4 Å². The molecule has 1 fully saturated rings. The van der Waals surface area contributed by atoms with Gasteiger partial charge in [-0.2, -0.15) is 0 Å². The van der Waals surface area contributed by atoms with E-state index < -0.39 is 41.6 Å². The van der Waals surface area contributed by atoms with Gasteiger partial charge in [-0.25, -0.2) is 4.79 Å². The largest absolute Gasteiger partial charge is 0.508 e. The van der Waals surface area contributed by atoms with Crippen molar-refractivity contribution >= 4 is 23.9 Å². The van der Waals surface area contributed by atoms with E-state index >= 15 is 0 Å². The zero-order chi connectivity index (χ0) is 30.9. The number of nitrogens with zero attached hydrogens (tertiary/aromatic N) is 1. The zero-order valence-electron chi connectivity index (χ0n) is 25.1. The van der Waals surface area contributed by atoms with Gasteiger partial charge in [0, 0.05) is 19.0 Å². The first-order chi connectivity index (χ1) is 19.9. The maximum absolute atomic E-state index is 14.5. The number of alkyl carbamates (subject to hydrolysis) is 1. The molecule has 2 aromatic carbocycles. The molecule has 2 unspecified atom stereocenters. The van der Waals surface area contributed by atoms with Gasteiger partial charge < -0.3 is 30.1 Å². The molecule has 3 amide bonds. The van der Waals surface area contributed by atoms with Crippen LogP contribution in [0, 0.1) is 6.92 Å². The van der Waals surface area contributed by atoms with Gasteiger partial charge in [0.05, 0.1) is 13.0 Å². The normalized spacial score (nSPS) is 14.6. The summed E-state index contributed by atoms with van der Waals surface area (Å²) in [4.78, 5) is 54.8. The molecule has 10 heteroatoms. The number of aryl methyl sites for hydroxylation is 1. The highest BCUT2D eigenvalue weighted by Gasteiger charge is 2.42. The quantitative estimate of drug-likeness (QED) is 0.318. The highest BCUT2D eigenvalue weighted by atomic mass is 16.6. The van der Waals surface area contributed by atoms with Crippen LogP contribution < -0.4 is 10.6 Å². The number of rotatable bonds is 12. The van der Waals surface area contributed by atoms with E-state index in [2.05, 4.69) is 10.6 Å². The van der Waals surface area contributed by atoms with Crippen LogP contribution >= 0.6 is 0 Å². The predicted octanol–water partition coefficient (Wildman–Crippen LogP) is 4.33. The number of phenolic OH excluding ortho intramolecular Hbond substituents is 1. The van der Waals surface area contributed by atoms with Gasteiger partial charge in [-0.15, -0.1) is 0 Å². The van der Waals surface area contributed by atoms with E-state index in [1.807, 2.05) is 31.2 Å². The van der Waals surface area contributed by atoms with Crippen LogP contribution in [0.2, 0.25) is 0 Å². The molecule has 3 N–H and O–H groups in total. The minimum Gasteiger partial charge on any atom is -0.508 e. The fourth-order valence-corrected chi connectivity index (χ4v) is 4.81. The standard InChI is InChI=1S/C32H43N3O7/c1-6-41-27(37)18-19-33-29(38)28(25-13-8-7-10-21(25)2)35(23-11-9-12-23)30(39)26(34-31(40)42-32(3,4)5)20-22-14-16-24(36)17-15-22/h7-8,10,13-17,23,26,28,36H,6,9,11-12,18-20H2,1-5H3,(H,33,38)(H,34,40). The Labute approximate surface area is 247 Å². The Hall–Kier alpha value is -4.08. The van der Waals surface area contributed by atoms with E-state index in [1.54, 1.807) is 44.7 Å². The Morgan fingerprint density at radius 2 is 1.71 bits per heavy atom. The summed E-state index contributed by atoms with van der Waals surface area (Å²) in [6, 6.07) is 11.5. The van der Waals surface area contributed by atoms with Crippen molar-refractivity contribution in [3.05, 3.63) is 65.2 Å². The van der Waals surface area contributed by atoms with Gasteiger partial charge in [0.2, 0.25) is 11.8 Å². The Bertz CT molecular complexity index is 1240. The number of hydrogen-bond acceptors (Lipinski definition) is 7. The first kappa shape index (κ1) is 32.4. The fraction of sp³-hybridized carbons (Fsp3) is 0.500. The van der Waals surface area contributed by atoms with Crippen LogP contribution in [0.15, 0.2) is 48.5 Å². The second kappa shape index (κ2) is 14.7. The van der Waals surface area contributed by atoms with Crippen molar-refractivity contribution in [2.24, 2.45) is 0 Å². The summed E-state index contributed by atoms with van der Waals surface area (Å²) in [6.45, 7) is 9.10. The van der Waals surface area contributed by atoms with Gasteiger partial charge in [-0.3, -0.25) is 14.4 Å². The lowest BCUT2D eigenvalue weighted by Gasteiger charge is -2.44. The Morgan fingerprint density at radius 1 is 1.05 bits per heavy atom. The van der Waals surface area contributed by atoms with Crippen LogP contribution in [0.4, 0.5) is 4.79 Å². The minimum absolute atomic E-state index is 0.00111. The fourth-order valence-electron chi connectivity index (χ4n) is 4.81. The summed E-state index contributed by atoms with van der Waals surface area (Å²) in [7, 11) is 0. The monoisotopic (exact) mass is 581 g/mol. The average Bonchev–Trinajstić information content (AvgIpc) is 2.88. The van der Waals surface area contributed by atoms with E-state index in [0.29, 0.717) is 24.0 Å². The lowest BCUT2D eigenvalue weighted by Crippen LogP contribution is -2.58. The smallest absolute Gasteiger partial charge is 0.408 e. The Kier molecular flexibility index (Phi) is 11.4. The molecule has 1 saturated carbocycles. The number of phenols is 1. The van der Waals surface area contributed by atoms with Crippen molar-refractivity contribution in [3.63, 3.8) is 0 Å². The molecule has 42 heavy (non-hydrogen) atoms. The molecule has 0 aromatic heterocycles. The van der Waals surface area contributed by atoms with Crippen molar-refractivity contribution in [3.8, 4) is 5.75 Å². The first-order valence-electron chi connectivity index (χ1n) is 14.5. The molecular formula is C32H43N3O7. The number of carbonyl (C=O) groups is 4. The van der Waals surface area contributed by atoms with Crippen LogP contribution in [0.5, 0.6) is 5.75 Å². The zero-order valence-corrected chi connectivity index (χ0v) is 25.1. The summed E-state index contributed by atoms with van der Waals surface area (Å²) in [6.07, 6.45) is 1.69. The molecule has 0 heterocycles. The molecule has 0 aliphatic heterocycles. The SMILES string of the molecule is CCOC(=O)CCNC(=O)C(c1ccccc1C)N(C(=O)C(Cc1ccc(O)cc1)NC(=O)OC(C)(C)C)C1CCC1. The molecule has 1 aliphatic rings. The number of aromatic hydroxyl groups is 1. The third kappa shape index (κ3) is 9.22. The van der Waals surface area contributed by atoms with Crippen molar-refractivity contribution in [2.75, 3.05) is 13.2 Å². The van der Waals surface area contributed by atoms with Crippen molar-refractivity contribution in [1.29, 1.82) is 0 Å². The van der Waals surface area contributed by atoms with E-state index in [1.165, 1.54) is 12.1 Å². The number of amides is 3. The molecule has 0 saturated heterocycles. The number of hydrogen-bond donors (Lipinski definition) is 3. The van der Waals surface area contributed by atoms with Crippen molar-refractivity contribution < 1.29 is 33.8 Å². The number of carbonyl (C=O) groups excluding carboxylic acids is 4.